The summed E-state index contributed by atoms with van der Waals surface area (Å²) < 4.78 is 5.31. The highest BCUT2D eigenvalue weighted by atomic mass is 16.5. The standard InChI is InChI=1S/C9H9O2/c1-6-8(10)3-2-7-4-5-11-9(6)7/h2-3H,4-5H2,1H3. The lowest BCUT2D eigenvalue weighted by Crippen LogP contribution is -1.87. The van der Waals surface area contributed by atoms with Crippen LogP contribution in [0.2, 0.25) is 0 Å². The molecule has 1 aromatic carbocycles. The molecule has 2 rings (SSSR count). The summed E-state index contributed by atoms with van der Waals surface area (Å²) in [7, 11) is 0. The Bertz CT molecular complexity index is 292. The summed E-state index contributed by atoms with van der Waals surface area (Å²) in [5.41, 5.74) is 1.92. The summed E-state index contributed by atoms with van der Waals surface area (Å²) in [6.45, 7) is 2.53. The highest BCUT2D eigenvalue weighted by Gasteiger charge is 2.16. The first-order valence-electron chi connectivity index (χ1n) is 3.71. The second-order valence-corrected chi connectivity index (χ2v) is 2.78. The number of fused-ring (bicyclic) bond motifs is 1. The molecule has 0 bridgehead atoms. The highest BCUT2D eigenvalue weighted by Crippen LogP contribution is 2.34. The highest BCUT2D eigenvalue weighted by molar-refractivity contribution is 5.50. The average Bonchev–Trinajstić information content (AvgIpc) is 2.45. The molecule has 11 heavy (non-hydrogen) atoms. The van der Waals surface area contributed by atoms with Crippen molar-refractivity contribution in [3.05, 3.63) is 23.3 Å². The maximum absolute atomic E-state index is 11.1. The molecule has 57 valence electrons. The van der Waals surface area contributed by atoms with Crippen molar-refractivity contribution in [3.63, 3.8) is 0 Å². The molecule has 0 spiro atoms. The fraction of sp³-hybridized carbons (Fsp3) is 0.333. The van der Waals surface area contributed by atoms with Crippen LogP contribution in [-0.2, 0) is 11.5 Å². The van der Waals surface area contributed by atoms with E-state index in [9.17, 15) is 5.11 Å². The van der Waals surface area contributed by atoms with Gasteiger partial charge in [-0.1, -0.05) is 6.07 Å². The first kappa shape index (κ1) is 6.53. The van der Waals surface area contributed by atoms with E-state index in [0.29, 0.717) is 0 Å². The van der Waals surface area contributed by atoms with Gasteiger partial charge >= 0.3 is 0 Å². The van der Waals surface area contributed by atoms with Crippen molar-refractivity contribution in [3.8, 4) is 11.5 Å². The van der Waals surface area contributed by atoms with Gasteiger partial charge in [0.25, 0.3) is 0 Å². The molecule has 0 N–H and O–H groups in total. The van der Waals surface area contributed by atoms with Crippen LogP contribution >= 0.6 is 0 Å². The molecule has 0 aliphatic carbocycles. The quantitative estimate of drug-likeness (QED) is 0.555. The summed E-state index contributed by atoms with van der Waals surface area (Å²) in [6, 6.07) is 3.47. The summed E-state index contributed by atoms with van der Waals surface area (Å²) in [5, 5.41) is 11.1. The zero-order valence-electron chi connectivity index (χ0n) is 6.39. The molecular formula is C9H9O2. The van der Waals surface area contributed by atoms with E-state index in [1.807, 2.05) is 13.0 Å². The van der Waals surface area contributed by atoms with Crippen molar-refractivity contribution < 1.29 is 9.84 Å². The van der Waals surface area contributed by atoms with Gasteiger partial charge in [0, 0.05) is 12.0 Å². The van der Waals surface area contributed by atoms with Crippen molar-refractivity contribution >= 4 is 0 Å². The van der Waals surface area contributed by atoms with Crippen LogP contribution in [0.25, 0.3) is 0 Å². The average molecular weight is 149 g/mol. The molecule has 0 amide bonds. The lowest BCUT2D eigenvalue weighted by Gasteiger charge is -2.02. The predicted octanol–water partition coefficient (Wildman–Crippen LogP) is 2.07. The summed E-state index contributed by atoms with van der Waals surface area (Å²) >= 11 is 0. The lowest BCUT2D eigenvalue weighted by molar-refractivity contribution is 0.334. The maximum Gasteiger partial charge on any atom is 0.185 e. The fourth-order valence-electron chi connectivity index (χ4n) is 1.39. The summed E-state index contributed by atoms with van der Waals surface area (Å²) in [5.74, 6) is 0.892. The summed E-state index contributed by atoms with van der Waals surface area (Å²) in [6.07, 6.45) is 0.941. The summed E-state index contributed by atoms with van der Waals surface area (Å²) in [4.78, 5) is 0. The molecular weight excluding hydrogens is 140 g/mol. The molecule has 1 heterocycles. The number of rotatable bonds is 0. The van der Waals surface area contributed by atoms with Crippen molar-refractivity contribution in [2.75, 3.05) is 6.61 Å². The number of ether oxygens (including phenoxy) is 1. The number of hydrogen-bond donors (Lipinski definition) is 0. The third-order valence-electron chi connectivity index (χ3n) is 2.06. The Morgan fingerprint density at radius 3 is 3.09 bits per heavy atom. The Morgan fingerprint density at radius 2 is 2.27 bits per heavy atom. The lowest BCUT2D eigenvalue weighted by atomic mass is 10.1. The van der Waals surface area contributed by atoms with Crippen LogP contribution in [0.5, 0.6) is 11.5 Å². The van der Waals surface area contributed by atoms with Crippen LogP contribution in [0.3, 0.4) is 0 Å². The van der Waals surface area contributed by atoms with E-state index in [0.717, 1.165) is 24.3 Å². The molecule has 1 aliphatic rings. The van der Waals surface area contributed by atoms with E-state index in [1.165, 1.54) is 5.56 Å². The van der Waals surface area contributed by atoms with Gasteiger partial charge < -0.3 is 4.74 Å². The third kappa shape index (κ3) is 0.862. The largest absolute Gasteiger partial charge is 0.493 e. The maximum atomic E-state index is 11.1. The molecule has 0 fully saturated rings. The van der Waals surface area contributed by atoms with Gasteiger partial charge in [-0.15, -0.1) is 0 Å². The van der Waals surface area contributed by atoms with E-state index in [1.54, 1.807) is 6.07 Å². The zero-order chi connectivity index (χ0) is 7.84. The fourth-order valence-corrected chi connectivity index (χ4v) is 1.39. The molecule has 1 aliphatic heterocycles. The van der Waals surface area contributed by atoms with Gasteiger partial charge in [0.1, 0.15) is 5.75 Å². The van der Waals surface area contributed by atoms with E-state index >= 15 is 0 Å². The molecule has 0 saturated heterocycles. The monoisotopic (exact) mass is 149 g/mol. The van der Waals surface area contributed by atoms with Crippen LogP contribution in [0.15, 0.2) is 12.1 Å². The van der Waals surface area contributed by atoms with E-state index in [-0.39, 0.29) is 5.75 Å². The minimum Gasteiger partial charge on any atom is -0.493 e. The minimum absolute atomic E-state index is 0.0747. The Kier molecular flexibility index (Phi) is 1.28. The molecule has 2 nitrogen and oxygen atoms in total. The molecule has 1 aromatic rings. The molecule has 0 aromatic heterocycles. The molecule has 0 unspecified atom stereocenters. The normalized spacial score (nSPS) is 14.3. The van der Waals surface area contributed by atoms with Gasteiger partial charge in [-0.3, -0.25) is 5.11 Å². The van der Waals surface area contributed by atoms with Crippen LogP contribution in [0.4, 0.5) is 0 Å². The van der Waals surface area contributed by atoms with Crippen molar-refractivity contribution in [1.82, 2.24) is 0 Å². The number of benzene rings is 1. The van der Waals surface area contributed by atoms with Gasteiger partial charge in [-0.2, -0.15) is 0 Å². The van der Waals surface area contributed by atoms with Gasteiger partial charge in [-0.25, -0.2) is 0 Å². The SMILES string of the molecule is Cc1c([O])ccc2c1OCC2. The molecule has 2 heteroatoms. The first-order chi connectivity index (χ1) is 5.29. The first-order valence-corrected chi connectivity index (χ1v) is 3.71. The van der Waals surface area contributed by atoms with Gasteiger partial charge in [0.2, 0.25) is 0 Å². The Hall–Kier alpha value is -1.18. The van der Waals surface area contributed by atoms with E-state index in [2.05, 4.69) is 0 Å². The molecule has 0 saturated carbocycles. The van der Waals surface area contributed by atoms with E-state index < -0.39 is 0 Å². The smallest absolute Gasteiger partial charge is 0.185 e. The zero-order valence-corrected chi connectivity index (χ0v) is 6.39. The second kappa shape index (κ2) is 2.16. The number of hydrogen-bond acceptors (Lipinski definition) is 1. The predicted molar refractivity (Wildman–Crippen MR) is 40.5 cm³/mol. The Balaban J connectivity index is 2.62. The third-order valence-corrected chi connectivity index (χ3v) is 2.06. The van der Waals surface area contributed by atoms with Crippen molar-refractivity contribution in [1.29, 1.82) is 0 Å². The van der Waals surface area contributed by atoms with Crippen molar-refractivity contribution in [2.45, 2.75) is 13.3 Å². The Morgan fingerprint density at radius 1 is 1.45 bits per heavy atom. The van der Waals surface area contributed by atoms with Crippen LogP contribution in [0.1, 0.15) is 11.1 Å². The molecule has 1 radical (unpaired) electrons. The van der Waals surface area contributed by atoms with Crippen LogP contribution in [-0.4, -0.2) is 6.61 Å². The van der Waals surface area contributed by atoms with E-state index in [4.69, 9.17) is 4.74 Å². The Labute approximate surface area is 65.4 Å². The van der Waals surface area contributed by atoms with Crippen molar-refractivity contribution in [2.24, 2.45) is 0 Å². The van der Waals surface area contributed by atoms with Gasteiger partial charge in [-0.05, 0) is 18.6 Å². The topological polar surface area (TPSA) is 29.1 Å². The van der Waals surface area contributed by atoms with Crippen LogP contribution in [0, 0.1) is 6.92 Å². The van der Waals surface area contributed by atoms with Crippen LogP contribution < -0.4 is 4.74 Å². The van der Waals surface area contributed by atoms with Gasteiger partial charge in [0.15, 0.2) is 5.75 Å². The molecule has 0 atom stereocenters. The second-order valence-electron chi connectivity index (χ2n) is 2.78. The van der Waals surface area contributed by atoms with Gasteiger partial charge in [0.05, 0.1) is 6.61 Å². The minimum atomic E-state index is 0.0747.